The number of nitrogens with zero attached hydrogens (tertiary/aromatic N) is 1. The maximum atomic E-state index is 12.3. The van der Waals surface area contributed by atoms with Crippen molar-refractivity contribution >= 4 is 23.2 Å². The highest BCUT2D eigenvalue weighted by molar-refractivity contribution is 6.30. The van der Waals surface area contributed by atoms with Gasteiger partial charge in [-0.25, -0.2) is 5.43 Å². The Kier molecular flexibility index (Phi) is 6.21. The minimum atomic E-state index is -0.323. The van der Waals surface area contributed by atoms with Crippen molar-refractivity contribution in [3.8, 4) is 11.5 Å². The van der Waals surface area contributed by atoms with Crippen molar-refractivity contribution < 1.29 is 14.3 Å². The van der Waals surface area contributed by atoms with E-state index in [1.165, 1.54) is 7.11 Å². The third kappa shape index (κ3) is 4.26. The average Bonchev–Trinajstić information content (AvgIpc) is 2.62. The highest BCUT2D eigenvalue weighted by Crippen LogP contribution is 2.27. The third-order valence-electron chi connectivity index (χ3n) is 3.45. The molecular weight excluding hydrogens is 328 g/mol. The summed E-state index contributed by atoms with van der Waals surface area (Å²) in [5.41, 5.74) is 4.68. The Hall–Kier alpha value is -2.53. The van der Waals surface area contributed by atoms with Crippen LogP contribution in [0.5, 0.6) is 11.5 Å². The van der Waals surface area contributed by atoms with Crippen LogP contribution >= 0.6 is 11.6 Å². The number of benzene rings is 2. The Morgan fingerprint density at radius 3 is 2.25 bits per heavy atom. The largest absolute Gasteiger partial charge is 0.493 e. The highest BCUT2D eigenvalue weighted by Gasteiger charge is 2.11. The van der Waals surface area contributed by atoms with Crippen molar-refractivity contribution in [1.82, 2.24) is 5.43 Å². The number of hydrazone groups is 1. The molecule has 2 aromatic rings. The number of carbonyl (C=O) groups excluding carboxylic acids is 1. The Morgan fingerprint density at radius 2 is 1.67 bits per heavy atom. The van der Waals surface area contributed by atoms with Gasteiger partial charge in [0.2, 0.25) is 0 Å². The quantitative estimate of drug-likeness (QED) is 0.637. The Morgan fingerprint density at radius 1 is 1.04 bits per heavy atom. The molecule has 6 heteroatoms. The van der Waals surface area contributed by atoms with Gasteiger partial charge in [0.05, 0.1) is 19.9 Å². The van der Waals surface area contributed by atoms with Gasteiger partial charge >= 0.3 is 0 Å². The topological polar surface area (TPSA) is 59.9 Å². The summed E-state index contributed by atoms with van der Waals surface area (Å²) in [7, 11) is 3.06. The maximum Gasteiger partial charge on any atom is 0.271 e. The monoisotopic (exact) mass is 346 g/mol. The van der Waals surface area contributed by atoms with E-state index in [0.29, 0.717) is 28.5 Å². The van der Waals surface area contributed by atoms with Gasteiger partial charge in [-0.3, -0.25) is 4.79 Å². The van der Waals surface area contributed by atoms with Crippen molar-refractivity contribution in [2.75, 3.05) is 14.2 Å². The molecule has 1 amide bonds. The second kappa shape index (κ2) is 8.36. The first-order valence-corrected chi connectivity index (χ1v) is 7.81. The summed E-state index contributed by atoms with van der Waals surface area (Å²) in [5, 5.41) is 4.87. The number of hydrogen-bond donors (Lipinski definition) is 1. The first-order valence-electron chi connectivity index (χ1n) is 7.44. The van der Waals surface area contributed by atoms with Crippen LogP contribution in [0.3, 0.4) is 0 Å². The molecule has 2 rings (SSSR count). The van der Waals surface area contributed by atoms with Crippen LogP contribution in [0.15, 0.2) is 47.6 Å². The van der Waals surface area contributed by atoms with E-state index in [4.69, 9.17) is 21.1 Å². The molecule has 0 spiro atoms. The molecule has 0 radical (unpaired) electrons. The van der Waals surface area contributed by atoms with Gasteiger partial charge in [-0.2, -0.15) is 5.10 Å². The number of amides is 1. The molecule has 0 saturated heterocycles. The minimum absolute atomic E-state index is 0.323. The summed E-state index contributed by atoms with van der Waals surface area (Å²) in [4.78, 5) is 12.3. The van der Waals surface area contributed by atoms with Gasteiger partial charge in [0, 0.05) is 10.6 Å². The SMILES string of the molecule is CC/C(=N\NC(=O)c1ccc(OC)c(OC)c1)c1ccc(Cl)cc1. The van der Waals surface area contributed by atoms with Crippen LogP contribution in [-0.4, -0.2) is 25.8 Å². The minimum Gasteiger partial charge on any atom is -0.493 e. The third-order valence-corrected chi connectivity index (χ3v) is 3.70. The van der Waals surface area contributed by atoms with Gasteiger partial charge in [0.1, 0.15) is 0 Å². The van der Waals surface area contributed by atoms with Crippen molar-refractivity contribution in [2.24, 2.45) is 5.10 Å². The molecule has 0 saturated carbocycles. The summed E-state index contributed by atoms with van der Waals surface area (Å²) in [6.07, 6.45) is 0.674. The van der Waals surface area contributed by atoms with E-state index in [-0.39, 0.29) is 5.91 Å². The second-order valence-corrected chi connectivity index (χ2v) is 5.37. The summed E-state index contributed by atoms with van der Waals surface area (Å²) < 4.78 is 10.4. The highest BCUT2D eigenvalue weighted by atomic mass is 35.5. The van der Waals surface area contributed by atoms with Crippen molar-refractivity contribution in [2.45, 2.75) is 13.3 Å². The van der Waals surface area contributed by atoms with Crippen LogP contribution in [0, 0.1) is 0 Å². The molecular formula is C18H19ClN2O3. The molecule has 0 aliphatic heterocycles. The zero-order valence-electron chi connectivity index (χ0n) is 13.8. The lowest BCUT2D eigenvalue weighted by molar-refractivity contribution is 0.0954. The number of hydrogen-bond acceptors (Lipinski definition) is 4. The van der Waals surface area contributed by atoms with Crippen LogP contribution in [0.1, 0.15) is 29.3 Å². The van der Waals surface area contributed by atoms with E-state index in [9.17, 15) is 4.79 Å². The molecule has 0 unspecified atom stereocenters. The zero-order valence-corrected chi connectivity index (χ0v) is 14.6. The fourth-order valence-corrected chi connectivity index (χ4v) is 2.28. The number of nitrogens with one attached hydrogen (secondary N) is 1. The van der Waals surface area contributed by atoms with Crippen LogP contribution < -0.4 is 14.9 Å². The number of carbonyl (C=O) groups is 1. The van der Waals surface area contributed by atoms with Gasteiger partial charge in [-0.15, -0.1) is 0 Å². The number of halogens is 1. The zero-order chi connectivity index (χ0) is 17.5. The molecule has 0 fully saturated rings. The van der Waals surface area contributed by atoms with Gasteiger partial charge in [0.15, 0.2) is 11.5 Å². The first kappa shape index (κ1) is 17.8. The van der Waals surface area contributed by atoms with Gasteiger partial charge in [0.25, 0.3) is 5.91 Å². The predicted octanol–water partition coefficient (Wildman–Crippen LogP) is 3.90. The molecule has 0 heterocycles. The number of ether oxygens (including phenoxy) is 2. The fraction of sp³-hybridized carbons (Fsp3) is 0.222. The van der Waals surface area contributed by atoms with Crippen LogP contribution in [0.2, 0.25) is 5.02 Å². The molecule has 24 heavy (non-hydrogen) atoms. The van der Waals surface area contributed by atoms with Crippen molar-refractivity contribution in [3.05, 3.63) is 58.6 Å². The van der Waals surface area contributed by atoms with Gasteiger partial charge in [-0.05, 0) is 42.3 Å². The normalized spacial score (nSPS) is 11.1. The van der Waals surface area contributed by atoms with E-state index >= 15 is 0 Å². The van der Waals surface area contributed by atoms with Crippen LogP contribution in [0.25, 0.3) is 0 Å². The van der Waals surface area contributed by atoms with E-state index in [0.717, 1.165) is 11.3 Å². The molecule has 2 aromatic carbocycles. The Labute approximate surface area is 146 Å². The molecule has 0 aliphatic rings. The Balaban J connectivity index is 2.17. The molecule has 1 N–H and O–H groups in total. The molecule has 0 aromatic heterocycles. The Bertz CT molecular complexity index is 742. The van der Waals surface area contributed by atoms with Crippen molar-refractivity contribution in [1.29, 1.82) is 0 Å². The fourth-order valence-electron chi connectivity index (χ4n) is 2.15. The lowest BCUT2D eigenvalue weighted by atomic mass is 10.1. The van der Waals surface area contributed by atoms with Gasteiger partial charge < -0.3 is 9.47 Å². The van der Waals surface area contributed by atoms with E-state index in [1.54, 1.807) is 37.4 Å². The summed E-state index contributed by atoms with van der Waals surface area (Å²) >= 11 is 5.89. The molecule has 5 nitrogen and oxygen atoms in total. The summed E-state index contributed by atoms with van der Waals surface area (Å²) in [5.74, 6) is 0.728. The van der Waals surface area contributed by atoms with Gasteiger partial charge in [-0.1, -0.05) is 30.7 Å². The van der Waals surface area contributed by atoms with Crippen LogP contribution in [0.4, 0.5) is 0 Å². The van der Waals surface area contributed by atoms with Crippen molar-refractivity contribution in [3.63, 3.8) is 0 Å². The lowest BCUT2D eigenvalue weighted by Crippen LogP contribution is -2.20. The number of rotatable bonds is 6. The smallest absolute Gasteiger partial charge is 0.271 e. The predicted molar refractivity (Wildman–Crippen MR) is 95.3 cm³/mol. The summed E-state index contributed by atoms with van der Waals surface area (Å²) in [6.45, 7) is 1.97. The first-order chi connectivity index (χ1) is 11.6. The summed E-state index contributed by atoms with van der Waals surface area (Å²) in [6, 6.07) is 12.3. The molecule has 0 bridgehead atoms. The molecule has 0 aliphatic carbocycles. The van der Waals surface area contributed by atoms with E-state index in [2.05, 4.69) is 10.5 Å². The van der Waals surface area contributed by atoms with E-state index < -0.39 is 0 Å². The van der Waals surface area contributed by atoms with E-state index in [1.807, 2.05) is 19.1 Å². The second-order valence-electron chi connectivity index (χ2n) is 4.93. The average molecular weight is 347 g/mol. The van der Waals surface area contributed by atoms with Crippen LogP contribution in [-0.2, 0) is 0 Å². The maximum absolute atomic E-state index is 12.3. The standard InChI is InChI=1S/C18H19ClN2O3/c1-4-15(12-5-8-14(19)9-6-12)20-21-18(22)13-7-10-16(23-2)17(11-13)24-3/h5-11H,4H2,1-3H3,(H,21,22)/b20-15+. The lowest BCUT2D eigenvalue weighted by Gasteiger charge is -2.09. The molecule has 0 atom stereocenters. The number of methoxy groups -OCH3 is 2. The molecule has 126 valence electrons.